The van der Waals surface area contributed by atoms with Gasteiger partial charge in [-0.2, -0.15) is 0 Å². The van der Waals surface area contributed by atoms with Gasteiger partial charge in [0.1, 0.15) is 11.7 Å². The minimum atomic E-state index is -0.539. The molecule has 3 aliphatic rings. The first kappa shape index (κ1) is 27.8. The molecule has 10 heteroatoms. The molecule has 0 radical (unpaired) electrons. The number of rotatable bonds is 8. The zero-order valence-electron chi connectivity index (χ0n) is 23.4. The average Bonchev–Trinajstić information content (AvgIpc) is 3.65. The van der Waals surface area contributed by atoms with Gasteiger partial charge >= 0.3 is 0 Å². The minimum Gasteiger partial charge on any atom is -0.326 e. The Balaban J connectivity index is 0.966. The normalized spacial score (nSPS) is 21.1. The maximum absolute atomic E-state index is 12.7. The second-order valence-corrected chi connectivity index (χ2v) is 12.8. The summed E-state index contributed by atoms with van der Waals surface area (Å²) in [4.78, 5) is 39.8. The predicted molar refractivity (Wildman–Crippen MR) is 158 cm³/mol. The van der Waals surface area contributed by atoms with Crippen molar-refractivity contribution in [2.75, 3.05) is 18.4 Å². The van der Waals surface area contributed by atoms with E-state index in [-0.39, 0.29) is 30.6 Å². The summed E-state index contributed by atoms with van der Waals surface area (Å²) in [6, 6.07) is 9.63. The summed E-state index contributed by atoms with van der Waals surface area (Å²) in [5.74, 6) is 1.21. The summed E-state index contributed by atoms with van der Waals surface area (Å²) in [6.45, 7) is 3.35. The van der Waals surface area contributed by atoms with E-state index < -0.39 is 6.04 Å². The fourth-order valence-corrected chi connectivity index (χ4v) is 7.48. The highest BCUT2D eigenvalue weighted by atomic mass is 32.1. The van der Waals surface area contributed by atoms with Crippen LogP contribution in [0.4, 0.5) is 5.69 Å². The minimum absolute atomic E-state index is 0.0665. The Bertz CT molecular complexity index is 1370. The van der Waals surface area contributed by atoms with Crippen molar-refractivity contribution in [2.24, 2.45) is 11.8 Å². The number of aromatic nitrogens is 3. The topological polar surface area (TPSA) is 109 Å². The van der Waals surface area contributed by atoms with Crippen molar-refractivity contribution >= 4 is 34.7 Å². The van der Waals surface area contributed by atoms with Gasteiger partial charge in [0.15, 0.2) is 0 Å². The van der Waals surface area contributed by atoms with Gasteiger partial charge in [0, 0.05) is 34.5 Å². The lowest BCUT2D eigenvalue weighted by Crippen LogP contribution is -2.41. The van der Waals surface area contributed by atoms with Gasteiger partial charge in [-0.3, -0.25) is 24.6 Å². The molecule has 3 aromatic rings. The van der Waals surface area contributed by atoms with Crippen LogP contribution < -0.4 is 10.6 Å². The third-order valence-corrected chi connectivity index (χ3v) is 9.85. The van der Waals surface area contributed by atoms with E-state index in [4.69, 9.17) is 0 Å². The molecule has 6 rings (SSSR count). The molecule has 2 N–H and O–H groups in total. The predicted octanol–water partition coefficient (Wildman–Crippen LogP) is 4.96. The molecule has 1 atom stereocenters. The molecule has 2 aromatic heterocycles. The summed E-state index contributed by atoms with van der Waals surface area (Å²) in [6.07, 6.45) is 12.5. The maximum Gasteiger partial charge on any atom is 0.251 e. The fraction of sp³-hybridized carbons (Fsp3) is 0.516. The van der Waals surface area contributed by atoms with Gasteiger partial charge in [0.05, 0.1) is 12.6 Å². The molecule has 4 heterocycles. The van der Waals surface area contributed by atoms with Crippen molar-refractivity contribution in [1.29, 1.82) is 0 Å². The number of benzene rings is 1. The Morgan fingerprint density at radius 3 is 2.51 bits per heavy atom. The number of carbonyl (C=O) groups is 3. The molecule has 216 valence electrons. The molecule has 3 amide bonds. The standard InChI is InChI=1S/C31H38N6O3S/c38-29-11-10-28(31(40)33-29)37-19-27(34-35-37)24-16-26(41-20-24)17-30(39)32-25-8-6-21(7-9-25)18-36-14-12-23(13-15-36)22-4-2-1-3-5-22/h6-9,16,19-20,22-23,28H,1-5,10-15,17-18H2,(H,32,39)(H,33,38,40). The van der Waals surface area contributed by atoms with E-state index in [2.05, 4.69) is 38.0 Å². The number of nitrogens with zero attached hydrogens (tertiary/aromatic N) is 4. The van der Waals surface area contributed by atoms with E-state index in [1.807, 2.05) is 23.6 Å². The number of amides is 3. The van der Waals surface area contributed by atoms with Crippen LogP contribution >= 0.6 is 11.3 Å². The second-order valence-electron chi connectivity index (χ2n) is 11.8. The highest BCUT2D eigenvalue weighted by molar-refractivity contribution is 7.10. The molecular weight excluding hydrogens is 536 g/mol. The quantitative estimate of drug-likeness (QED) is 0.368. The van der Waals surface area contributed by atoms with Crippen LogP contribution in [-0.2, 0) is 27.3 Å². The zero-order valence-corrected chi connectivity index (χ0v) is 24.2. The van der Waals surface area contributed by atoms with E-state index in [0.29, 0.717) is 12.1 Å². The Kier molecular flexibility index (Phi) is 8.57. The van der Waals surface area contributed by atoms with E-state index in [1.54, 1.807) is 6.20 Å². The summed E-state index contributed by atoms with van der Waals surface area (Å²) in [5, 5.41) is 15.6. The fourth-order valence-electron chi connectivity index (χ4n) is 6.61. The molecule has 0 bridgehead atoms. The Morgan fingerprint density at radius 1 is 1.00 bits per heavy atom. The largest absolute Gasteiger partial charge is 0.326 e. The van der Waals surface area contributed by atoms with Crippen molar-refractivity contribution in [3.05, 3.63) is 52.3 Å². The van der Waals surface area contributed by atoms with Crippen LogP contribution in [0, 0.1) is 11.8 Å². The van der Waals surface area contributed by atoms with Crippen molar-refractivity contribution in [2.45, 2.75) is 76.8 Å². The first-order valence-electron chi connectivity index (χ1n) is 14.9. The Morgan fingerprint density at radius 2 is 1.76 bits per heavy atom. The number of anilines is 1. The highest BCUT2D eigenvalue weighted by Crippen LogP contribution is 2.36. The van der Waals surface area contributed by atoms with Crippen molar-refractivity contribution < 1.29 is 14.4 Å². The molecule has 1 aromatic carbocycles. The molecule has 41 heavy (non-hydrogen) atoms. The molecule has 1 unspecified atom stereocenters. The number of hydrogen-bond acceptors (Lipinski definition) is 7. The monoisotopic (exact) mass is 574 g/mol. The van der Waals surface area contributed by atoms with Crippen molar-refractivity contribution in [3.63, 3.8) is 0 Å². The molecule has 9 nitrogen and oxygen atoms in total. The number of nitrogens with one attached hydrogen (secondary N) is 2. The zero-order chi connectivity index (χ0) is 28.2. The molecule has 1 saturated carbocycles. The second kappa shape index (κ2) is 12.7. The summed E-state index contributed by atoms with van der Waals surface area (Å²) in [5.41, 5.74) is 3.57. The lowest BCUT2D eigenvalue weighted by molar-refractivity contribution is -0.136. The molecule has 1 aliphatic carbocycles. The van der Waals surface area contributed by atoms with E-state index >= 15 is 0 Å². The first-order chi connectivity index (χ1) is 20.0. The van der Waals surface area contributed by atoms with Crippen LogP contribution in [0.2, 0.25) is 0 Å². The van der Waals surface area contributed by atoms with E-state index in [1.165, 1.54) is 79.6 Å². The van der Waals surface area contributed by atoms with Crippen LogP contribution in [0.15, 0.2) is 41.9 Å². The van der Waals surface area contributed by atoms with Gasteiger partial charge in [-0.1, -0.05) is 49.5 Å². The van der Waals surface area contributed by atoms with Gasteiger partial charge in [-0.05, 0) is 68.0 Å². The van der Waals surface area contributed by atoms with Crippen LogP contribution in [0.25, 0.3) is 11.3 Å². The van der Waals surface area contributed by atoms with E-state index in [9.17, 15) is 14.4 Å². The number of hydrogen-bond donors (Lipinski definition) is 2. The van der Waals surface area contributed by atoms with Gasteiger partial charge in [-0.25, -0.2) is 4.68 Å². The van der Waals surface area contributed by atoms with Crippen LogP contribution in [-0.4, -0.2) is 50.7 Å². The average molecular weight is 575 g/mol. The van der Waals surface area contributed by atoms with Gasteiger partial charge in [-0.15, -0.1) is 16.4 Å². The van der Waals surface area contributed by atoms with Crippen molar-refractivity contribution in [1.82, 2.24) is 25.2 Å². The number of carbonyl (C=O) groups excluding carboxylic acids is 3. The van der Waals surface area contributed by atoms with Gasteiger partial charge < -0.3 is 5.32 Å². The summed E-state index contributed by atoms with van der Waals surface area (Å²) in [7, 11) is 0. The molecule has 2 saturated heterocycles. The first-order valence-corrected chi connectivity index (χ1v) is 15.8. The van der Waals surface area contributed by atoms with E-state index in [0.717, 1.165) is 34.5 Å². The molecule has 0 spiro atoms. The molecular formula is C31H38N6O3S. The van der Waals surface area contributed by atoms with Crippen LogP contribution in [0.1, 0.15) is 74.3 Å². The SMILES string of the molecule is O=C1CCC(n2cc(-c3csc(CC(=O)Nc4ccc(CN5CCC(C6CCCCC6)CC5)cc4)c3)nn2)C(=O)N1. The van der Waals surface area contributed by atoms with Gasteiger partial charge in [0.25, 0.3) is 5.91 Å². The lowest BCUT2D eigenvalue weighted by Gasteiger charge is -2.37. The third-order valence-electron chi connectivity index (χ3n) is 8.92. The Hall–Kier alpha value is -3.37. The smallest absolute Gasteiger partial charge is 0.251 e. The summed E-state index contributed by atoms with van der Waals surface area (Å²) < 4.78 is 1.50. The maximum atomic E-state index is 12.7. The molecule has 3 fully saturated rings. The van der Waals surface area contributed by atoms with Crippen LogP contribution in [0.3, 0.4) is 0 Å². The third kappa shape index (κ3) is 6.93. The van der Waals surface area contributed by atoms with Crippen LogP contribution in [0.5, 0.6) is 0 Å². The highest BCUT2D eigenvalue weighted by Gasteiger charge is 2.29. The molecule has 2 aliphatic heterocycles. The number of piperidine rings is 2. The summed E-state index contributed by atoms with van der Waals surface area (Å²) >= 11 is 1.49. The number of likely N-dealkylation sites (tertiary alicyclic amines) is 1. The van der Waals surface area contributed by atoms with Crippen molar-refractivity contribution in [3.8, 4) is 11.3 Å². The Labute approximate surface area is 244 Å². The number of imide groups is 1. The lowest BCUT2D eigenvalue weighted by atomic mass is 9.76. The number of thiophene rings is 1. The van der Waals surface area contributed by atoms with Gasteiger partial charge in [0.2, 0.25) is 11.8 Å².